The predicted molar refractivity (Wildman–Crippen MR) is 138 cm³/mol. The molecule has 0 aliphatic carbocycles. The SMILES string of the molecule is CNC(=O)c1ccc(-c2cc3c(c(S(=O)(=O)N[C@@H](CO)Cc4c[nH]c5ccccc45)c2)OCC3)cc1. The lowest BCUT2D eigenvalue weighted by molar-refractivity contribution is 0.0963. The molecule has 0 fully saturated rings. The molecule has 1 aliphatic heterocycles. The highest BCUT2D eigenvalue weighted by molar-refractivity contribution is 7.89. The number of hydrogen-bond donors (Lipinski definition) is 4. The molecular weight excluding hydrogens is 478 g/mol. The van der Waals surface area contributed by atoms with Crippen LogP contribution >= 0.6 is 0 Å². The number of sulfonamides is 1. The van der Waals surface area contributed by atoms with Gasteiger partial charge >= 0.3 is 0 Å². The minimum absolute atomic E-state index is 0.0419. The van der Waals surface area contributed by atoms with Crippen LogP contribution < -0.4 is 14.8 Å². The summed E-state index contributed by atoms with van der Waals surface area (Å²) in [5.74, 6) is 0.152. The van der Waals surface area contributed by atoms with Crippen molar-refractivity contribution < 1.29 is 23.1 Å². The van der Waals surface area contributed by atoms with E-state index < -0.39 is 16.1 Å². The van der Waals surface area contributed by atoms with Crippen LogP contribution in [0.3, 0.4) is 0 Å². The van der Waals surface area contributed by atoms with Crippen molar-refractivity contribution >= 4 is 26.8 Å². The van der Waals surface area contributed by atoms with Crippen molar-refractivity contribution in [2.45, 2.75) is 23.8 Å². The third-order valence-electron chi connectivity index (χ3n) is 6.43. The first-order chi connectivity index (χ1) is 17.4. The molecule has 3 aromatic carbocycles. The van der Waals surface area contributed by atoms with E-state index in [1.807, 2.05) is 36.5 Å². The number of ether oxygens (including phenoxy) is 1. The first-order valence-corrected chi connectivity index (χ1v) is 13.2. The molecule has 1 atom stereocenters. The number of rotatable bonds is 8. The number of carbonyl (C=O) groups is 1. The smallest absolute Gasteiger partial charge is 0.251 e. The van der Waals surface area contributed by atoms with Crippen LogP contribution in [0.25, 0.3) is 22.0 Å². The summed E-state index contributed by atoms with van der Waals surface area (Å²) in [6, 6.07) is 17.5. The van der Waals surface area contributed by atoms with Gasteiger partial charge in [0.2, 0.25) is 10.0 Å². The summed E-state index contributed by atoms with van der Waals surface area (Å²) in [4.78, 5) is 15.1. The monoisotopic (exact) mass is 505 g/mol. The molecule has 2 heterocycles. The third-order valence-corrected chi connectivity index (χ3v) is 7.96. The van der Waals surface area contributed by atoms with Gasteiger partial charge in [-0.2, -0.15) is 0 Å². The number of fused-ring (bicyclic) bond motifs is 2. The molecule has 5 rings (SSSR count). The lowest BCUT2D eigenvalue weighted by Gasteiger charge is -2.18. The van der Waals surface area contributed by atoms with Crippen molar-refractivity contribution in [3.05, 3.63) is 83.6 Å². The van der Waals surface area contributed by atoms with E-state index in [1.54, 1.807) is 37.4 Å². The topological polar surface area (TPSA) is 121 Å². The lowest BCUT2D eigenvalue weighted by Crippen LogP contribution is -2.39. The Morgan fingerprint density at radius 3 is 2.64 bits per heavy atom. The molecule has 4 aromatic rings. The van der Waals surface area contributed by atoms with Crippen molar-refractivity contribution in [3.8, 4) is 16.9 Å². The first-order valence-electron chi connectivity index (χ1n) is 11.7. The van der Waals surface area contributed by atoms with Gasteiger partial charge in [0.1, 0.15) is 10.6 Å². The summed E-state index contributed by atoms with van der Waals surface area (Å²) in [7, 11) is -2.45. The Morgan fingerprint density at radius 2 is 1.89 bits per heavy atom. The Labute approximate surface area is 209 Å². The normalized spacial score (nSPS) is 13.8. The van der Waals surface area contributed by atoms with Gasteiger partial charge in [0.15, 0.2) is 0 Å². The molecule has 4 N–H and O–H groups in total. The van der Waals surface area contributed by atoms with Crippen LogP contribution in [-0.4, -0.2) is 50.7 Å². The fraction of sp³-hybridized carbons (Fsp3) is 0.222. The molecule has 0 bridgehead atoms. The fourth-order valence-corrected chi connectivity index (χ4v) is 6.03. The average molecular weight is 506 g/mol. The van der Waals surface area contributed by atoms with Gasteiger partial charge in [-0.3, -0.25) is 4.79 Å². The zero-order chi connectivity index (χ0) is 25.3. The van der Waals surface area contributed by atoms with Crippen LogP contribution in [0.4, 0.5) is 0 Å². The van der Waals surface area contributed by atoms with E-state index in [0.717, 1.165) is 27.6 Å². The number of hydrogen-bond acceptors (Lipinski definition) is 5. The number of carbonyl (C=O) groups excluding carboxylic acids is 1. The van der Waals surface area contributed by atoms with E-state index in [9.17, 15) is 18.3 Å². The average Bonchev–Trinajstić information content (AvgIpc) is 3.54. The first kappa shape index (κ1) is 24.1. The summed E-state index contributed by atoms with van der Waals surface area (Å²) in [5, 5.41) is 13.6. The Bertz CT molecular complexity index is 1530. The second kappa shape index (κ2) is 9.77. The quantitative estimate of drug-likeness (QED) is 0.293. The van der Waals surface area contributed by atoms with E-state index in [0.29, 0.717) is 36.3 Å². The van der Waals surface area contributed by atoms with Crippen LogP contribution in [-0.2, 0) is 22.9 Å². The molecule has 8 nitrogen and oxygen atoms in total. The number of aromatic amines is 1. The summed E-state index contributed by atoms with van der Waals surface area (Å²) in [5.41, 5.74) is 4.68. The molecule has 0 radical (unpaired) electrons. The molecule has 36 heavy (non-hydrogen) atoms. The highest BCUT2D eigenvalue weighted by Crippen LogP contribution is 2.37. The minimum atomic E-state index is -4.02. The van der Waals surface area contributed by atoms with Crippen molar-refractivity contribution in [1.29, 1.82) is 0 Å². The molecule has 1 aromatic heterocycles. The maximum Gasteiger partial charge on any atom is 0.251 e. The summed E-state index contributed by atoms with van der Waals surface area (Å²) < 4.78 is 35.5. The number of nitrogens with one attached hydrogen (secondary N) is 3. The number of aromatic nitrogens is 1. The molecule has 0 saturated carbocycles. The highest BCUT2D eigenvalue weighted by Gasteiger charge is 2.29. The molecule has 0 unspecified atom stereocenters. The molecule has 9 heteroatoms. The molecule has 186 valence electrons. The van der Waals surface area contributed by atoms with Crippen molar-refractivity contribution in [3.63, 3.8) is 0 Å². The maximum atomic E-state index is 13.6. The number of para-hydroxylation sites is 1. The van der Waals surface area contributed by atoms with E-state index in [1.165, 1.54) is 0 Å². The number of amides is 1. The third kappa shape index (κ3) is 4.60. The highest BCUT2D eigenvalue weighted by atomic mass is 32.2. The Morgan fingerprint density at radius 1 is 1.11 bits per heavy atom. The minimum Gasteiger partial charge on any atom is -0.492 e. The van der Waals surface area contributed by atoms with Gasteiger partial charge in [-0.25, -0.2) is 13.1 Å². The standard InChI is InChI=1S/C27H27N3O5S/c1-28-27(32)18-8-6-17(7-9-18)20-12-19-10-11-35-26(19)25(14-20)36(33,34)30-22(16-31)13-21-15-29-24-5-3-2-4-23(21)24/h2-9,12,14-15,22,29-31H,10-11,13,16H2,1H3,(H,28,32)/t22-/m1/s1. The Hall–Kier alpha value is -3.66. The van der Waals surface area contributed by atoms with Gasteiger partial charge in [0, 0.05) is 42.2 Å². The number of aliphatic hydroxyl groups excluding tert-OH is 1. The molecular formula is C27H27N3O5S. The van der Waals surface area contributed by atoms with Gasteiger partial charge in [-0.15, -0.1) is 0 Å². The van der Waals surface area contributed by atoms with Crippen molar-refractivity contribution in [1.82, 2.24) is 15.0 Å². The number of aliphatic hydroxyl groups is 1. The predicted octanol–water partition coefficient (Wildman–Crippen LogP) is 3.01. The fourth-order valence-electron chi connectivity index (χ4n) is 4.59. The van der Waals surface area contributed by atoms with Crippen LogP contribution in [0, 0.1) is 0 Å². The van der Waals surface area contributed by atoms with Gasteiger partial charge in [0.05, 0.1) is 13.2 Å². The van der Waals surface area contributed by atoms with E-state index >= 15 is 0 Å². The van der Waals surface area contributed by atoms with Crippen molar-refractivity contribution in [2.75, 3.05) is 20.3 Å². The van der Waals surface area contributed by atoms with Gasteiger partial charge in [-0.1, -0.05) is 30.3 Å². The maximum absolute atomic E-state index is 13.6. The zero-order valence-corrected chi connectivity index (χ0v) is 20.6. The van der Waals surface area contributed by atoms with Crippen LogP contribution in [0.15, 0.2) is 71.8 Å². The molecule has 1 amide bonds. The van der Waals surface area contributed by atoms with E-state index in [2.05, 4.69) is 15.0 Å². The van der Waals surface area contributed by atoms with Crippen LogP contribution in [0.2, 0.25) is 0 Å². The second-order valence-corrected chi connectivity index (χ2v) is 10.5. The van der Waals surface area contributed by atoms with E-state index in [4.69, 9.17) is 4.74 Å². The van der Waals surface area contributed by atoms with E-state index in [-0.39, 0.29) is 17.4 Å². The van der Waals surface area contributed by atoms with Crippen LogP contribution in [0.5, 0.6) is 5.75 Å². The van der Waals surface area contributed by atoms with Crippen molar-refractivity contribution in [2.24, 2.45) is 0 Å². The molecule has 0 saturated heterocycles. The number of H-pyrrole nitrogens is 1. The summed E-state index contributed by atoms with van der Waals surface area (Å²) >= 11 is 0. The molecule has 1 aliphatic rings. The lowest BCUT2D eigenvalue weighted by atomic mass is 10.0. The van der Waals surface area contributed by atoms with Crippen LogP contribution in [0.1, 0.15) is 21.5 Å². The number of benzene rings is 3. The van der Waals surface area contributed by atoms with Gasteiger partial charge in [0.25, 0.3) is 5.91 Å². The Kier molecular flexibility index (Phi) is 6.53. The zero-order valence-electron chi connectivity index (χ0n) is 19.7. The Balaban J connectivity index is 1.46. The van der Waals surface area contributed by atoms with Gasteiger partial charge < -0.3 is 20.1 Å². The summed E-state index contributed by atoms with van der Waals surface area (Å²) in [6.07, 6.45) is 2.76. The largest absolute Gasteiger partial charge is 0.492 e. The molecule has 0 spiro atoms. The summed E-state index contributed by atoms with van der Waals surface area (Å²) in [6.45, 7) is 0.0398. The van der Waals surface area contributed by atoms with Gasteiger partial charge in [-0.05, 0) is 59.0 Å². The second-order valence-electron chi connectivity index (χ2n) is 8.78.